The van der Waals surface area contributed by atoms with E-state index in [9.17, 15) is 13.2 Å². The Hall–Kier alpha value is -1.34. The molecule has 2 heterocycles. The number of aryl methyl sites for hydroxylation is 1. The van der Waals surface area contributed by atoms with E-state index < -0.39 is 11.7 Å². The second-order valence-corrected chi connectivity index (χ2v) is 5.62. The van der Waals surface area contributed by atoms with E-state index in [0.29, 0.717) is 22.3 Å². The Bertz CT molecular complexity index is 698. The first-order chi connectivity index (χ1) is 9.95. The van der Waals surface area contributed by atoms with Crippen LogP contribution in [0.3, 0.4) is 0 Å². The molecule has 0 amide bonds. The second-order valence-electron chi connectivity index (χ2n) is 5.24. The SMILES string of the molecule is FC(F)(F)c1ccc2c(c1)[nH]c(=S)n2CCC1CCCO1. The Morgan fingerprint density at radius 1 is 1.38 bits per heavy atom. The Labute approximate surface area is 124 Å². The molecule has 3 rings (SSSR count). The maximum absolute atomic E-state index is 12.7. The molecule has 1 fully saturated rings. The number of fused-ring (bicyclic) bond motifs is 1. The van der Waals surface area contributed by atoms with Gasteiger partial charge in [0.2, 0.25) is 0 Å². The number of benzene rings is 1. The molecule has 1 saturated heterocycles. The van der Waals surface area contributed by atoms with E-state index in [2.05, 4.69) is 4.98 Å². The van der Waals surface area contributed by atoms with Crippen molar-refractivity contribution in [1.82, 2.24) is 9.55 Å². The van der Waals surface area contributed by atoms with Crippen molar-refractivity contribution < 1.29 is 17.9 Å². The lowest BCUT2D eigenvalue weighted by atomic mass is 10.1. The standard InChI is InChI=1S/C14H15F3N2OS/c15-14(16,17)9-3-4-12-11(8-9)18-13(21)19(12)6-5-10-2-1-7-20-10/h3-4,8,10H,1-2,5-7H2,(H,18,21). The highest BCUT2D eigenvalue weighted by atomic mass is 32.1. The van der Waals surface area contributed by atoms with Crippen molar-refractivity contribution in [2.75, 3.05) is 6.61 Å². The highest BCUT2D eigenvalue weighted by Crippen LogP contribution is 2.31. The van der Waals surface area contributed by atoms with Gasteiger partial charge in [0, 0.05) is 13.2 Å². The molecule has 1 atom stereocenters. The molecular formula is C14H15F3N2OS. The quantitative estimate of drug-likeness (QED) is 0.856. The van der Waals surface area contributed by atoms with E-state index in [4.69, 9.17) is 17.0 Å². The van der Waals surface area contributed by atoms with Gasteiger partial charge in [-0.3, -0.25) is 0 Å². The van der Waals surface area contributed by atoms with Crippen LogP contribution in [0, 0.1) is 4.77 Å². The van der Waals surface area contributed by atoms with Crippen LogP contribution in [0.4, 0.5) is 13.2 Å². The lowest BCUT2D eigenvalue weighted by Crippen LogP contribution is -2.10. The lowest BCUT2D eigenvalue weighted by Gasteiger charge is -2.11. The van der Waals surface area contributed by atoms with Gasteiger partial charge in [0.05, 0.1) is 22.7 Å². The Kier molecular flexibility index (Phi) is 3.79. The van der Waals surface area contributed by atoms with Gasteiger partial charge >= 0.3 is 6.18 Å². The number of H-pyrrole nitrogens is 1. The van der Waals surface area contributed by atoms with Crippen LogP contribution in [0.1, 0.15) is 24.8 Å². The average molecular weight is 316 g/mol. The summed E-state index contributed by atoms with van der Waals surface area (Å²) in [7, 11) is 0. The van der Waals surface area contributed by atoms with Gasteiger partial charge in [-0.05, 0) is 49.7 Å². The summed E-state index contributed by atoms with van der Waals surface area (Å²) in [5.74, 6) is 0. The van der Waals surface area contributed by atoms with E-state index in [1.807, 2.05) is 4.57 Å². The van der Waals surface area contributed by atoms with Crippen molar-refractivity contribution in [3.05, 3.63) is 28.5 Å². The maximum Gasteiger partial charge on any atom is 0.416 e. The molecule has 0 spiro atoms. The zero-order valence-corrected chi connectivity index (χ0v) is 12.1. The predicted octanol–water partition coefficient (Wildman–Crippen LogP) is 4.29. The molecular weight excluding hydrogens is 301 g/mol. The smallest absolute Gasteiger partial charge is 0.378 e. The molecule has 2 aromatic rings. The number of imidazole rings is 1. The summed E-state index contributed by atoms with van der Waals surface area (Å²) >= 11 is 5.22. The van der Waals surface area contributed by atoms with Crippen molar-refractivity contribution in [1.29, 1.82) is 0 Å². The predicted molar refractivity (Wildman–Crippen MR) is 75.7 cm³/mol. The fourth-order valence-corrected chi connectivity index (χ4v) is 3.01. The van der Waals surface area contributed by atoms with Gasteiger partial charge in [0.25, 0.3) is 0 Å². The molecule has 1 aromatic carbocycles. The number of ether oxygens (including phenoxy) is 1. The molecule has 21 heavy (non-hydrogen) atoms. The number of alkyl halides is 3. The van der Waals surface area contributed by atoms with E-state index >= 15 is 0 Å². The third kappa shape index (κ3) is 2.98. The van der Waals surface area contributed by atoms with Crippen LogP contribution in [0.25, 0.3) is 11.0 Å². The minimum absolute atomic E-state index is 0.228. The molecule has 1 aromatic heterocycles. The zero-order valence-electron chi connectivity index (χ0n) is 11.2. The average Bonchev–Trinajstić information content (AvgIpc) is 3.01. The third-order valence-electron chi connectivity index (χ3n) is 3.80. The van der Waals surface area contributed by atoms with Crippen molar-refractivity contribution in [2.45, 2.75) is 38.1 Å². The number of nitrogens with one attached hydrogen (secondary N) is 1. The van der Waals surface area contributed by atoms with Gasteiger partial charge < -0.3 is 14.3 Å². The Morgan fingerprint density at radius 3 is 2.86 bits per heavy atom. The van der Waals surface area contributed by atoms with E-state index in [1.165, 1.54) is 6.07 Å². The van der Waals surface area contributed by atoms with Gasteiger partial charge in [-0.15, -0.1) is 0 Å². The van der Waals surface area contributed by atoms with E-state index in [-0.39, 0.29) is 6.10 Å². The van der Waals surface area contributed by atoms with Crippen molar-refractivity contribution >= 4 is 23.3 Å². The fourth-order valence-electron chi connectivity index (χ4n) is 2.71. The van der Waals surface area contributed by atoms with Crippen LogP contribution >= 0.6 is 12.2 Å². The molecule has 1 aliphatic heterocycles. The van der Waals surface area contributed by atoms with Gasteiger partial charge in [0.15, 0.2) is 4.77 Å². The summed E-state index contributed by atoms with van der Waals surface area (Å²) in [4.78, 5) is 2.85. The Morgan fingerprint density at radius 2 is 2.19 bits per heavy atom. The lowest BCUT2D eigenvalue weighted by molar-refractivity contribution is -0.137. The van der Waals surface area contributed by atoms with Gasteiger partial charge in [-0.1, -0.05) is 0 Å². The highest BCUT2D eigenvalue weighted by molar-refractivity contribution is 7.71. The molecule has 0 bridgehead atoms. The zero-order chi connectivity index (χ0) is 15.0. The van der Waals surface area contributed by atoms with Crippen LogP contribution < -0.4 is 0 Å². The first kappa shape index (κ1) is 14.6. The van der Waals surface area contributed by atoms with Crippen molar-refractivity contribution in [3.8, 4) is 0 Å². The monoisotopic (exact) mass is 316 g/mol. The Balaban J connectivity index is 1.88. The van der Waals surface area contributed by atoms with Crippen LogP contribution in [0.15, 0.2) is 18.2 Å². The van der Waals surface area contributed by atoms with Crippen LogP contribution in [0.5, 0.6) is 0 Å². The summed E-state index contributed by atoms with van der Waals surface area (Å²) < 4.78 is 46.0. The van der Waals surface area contributed by atoms with Gasteiger partial charge in [-0.2, -0.15) is 13.2 Å². The van der Waals surface area contributed by atoms with Crippen molar-refractivity contribution in [2.24, 2.45) is 0 Å². The minimum Gasteiger partial charge on any atom is -0.378 e. The molecule has 114 valence electrons. The maximum atomic E-state index is 12.7. The molecule has 7 heteroatoms. The molecule has 0 saturated carbocycles. The number of aromatic amines is 1. The number of hydrogen-bond donors (Lipinski definition) is 1. The number of halogens is 3. The van der Waals surface area contributed by atoms with E-state index in [0.717, 1.165) is 38.0 Å². The third-order valence-corrected chi connectivity index (χ3v) is 4.12. The molecule has 0 radical (unpaired) electrons. The van der Waals surface area contributed by atoms with Crippen LogP contribution in [-0.4, -0.2) is 22.3 Å². The number of nitrogens with zero attached hydrogens (tertiary/aromatic N) is 1. The minimum atomic E-state index is -4.34. The normalized spacial score (nSPS) is 19.5. The first-order valence-corrected chi connectivity index (χ1v) is 7.27. The topological polar surface area (TPSA) is 29.9 Å². The molecule has 1 aliphatic rings. The molecule has 1 N–H and O–H groups in total. The van der Waals surface area contributed by atoms with Crippen LogP contribution in [0.2, 0.25) is 0 Å². The largest absolute Gasteiger partial charge is 0.416 e. The summed E-state index contributed by atoms with van der Waals surface area (Å²) in [6, 6.07) is 3.67. The number of rotatable bonds is 3. The van der Waals surface area contributed by atoms with Crippen LogP contribution in [-0.2, 0) is 17.5 Å². The van der Waals surface area contributed by atoms with E-state index in [1.54, 1.807) is 0 Å². The summed E-state index contributed by atoms with van der Waals surface area (Å²) in [5, 5.41) is 0. The summed E-state index contributed by atoms with van der Waals surface area (Å²) in [5.41, 5.74) is 0.450. The second kappa shape index (κ2) is 5.46. The molecule has 0 aliphatic carbocycles. The number of aromatic nitrogens is 2. The number of hydrogen-bond acceptors (Lipinski definition) is 2. The fraction of sp³-hybridized carbons (Fsp3) is 0.500. The molecule has 3 nitrogen and oxygen atoms in total. The molecule has 1 unspecified atom stereocenters. The van der Waals surface area contributed by atoms with Gasteiger partial charge in [0.1, 0.15) is 0 Å². The summed E-state index contributed by atoms with van der Waals surface area (Å²) in [6.45, 7) is 1.44. The first-order valence-electron chi connectivity index (χ1n) is 6.86. The highest BCUT2D eigenvalue weighted by Gasteiger charge is 2.30. The summed E-state index contributed by atoms with van der Waals surface area (Å²) in [6.07, 6.45) is -1.19. The van der Waals surface area contributed by atoms with Crippen molar-refractivity contribution in [3.63, 3.8) is 0 Å². The van der Waals surface area contributed by atoms with Gasteiger partial charge in [-0.25, -0.2) is 0 Å².